The second-order valence-electron chi connectivity index (χ2n) is 8.10. The minimum Gasteiger partial charge on any atom is -0.465 e. The van der Waals surface area contributed by atoms with Crippen LogP contribution in [0.4, 0.5) is 4.79 Å². The number of primary amides is 1. The van der Waals surface area contributed by atoms with Crippen molar-refractivity contribution in [3.63, 3.8) is 0 Å². The molecule has 1 heterocycles. The number of ether oxygens (including phenoxy) is 1. The molecule has 2 aromatic rings. The molecular weight excluding hydrogens is 424 g/mol. The first kappa shape index (κ1) is 23.8. The number of rotatable bonds is 7. The molecule has 0 spiro atoms. The predicted octanol–water partition coefficient (Wildman–Crippen LogP) is 1.86. The summed E-state index contributed by atoms with van der Waals surface area (Å²) in [5.74, 6) is -1.31. The minimum absolute atomic E-state index is 0.160. The van der Waals surface area contributed by atoms with Crippen LogP contribution in [0, 0.1) is 18.3 Å². The van der Waals surface area contributed by atoms with Crippen LogP contribution >= 0.6 is 0 Å². The molecule has 0 bridgehead atoms. The van der Waals surface area contributed by atoms with Gasteiger partial charge in [0.25, 0.3) is 0 Å². The molecule has 5 N–H and O–H groups in total. The highest BCUT2D eigenvalue weighted by Crippen LogP contribution is 2.24. The Hall–Kier alpha value is -3.90. The number of benzene rings is 2. The summed E-state index contributed by atoms with van der Waals surface area (Å²) in [6.45, 7) is 2.33. The van der Waals surface area contributed by atoms with Gasteiger partial charge in [-0.05, 0) is 35.2 Å². The molecule has 0 saturated carbocycles. The van der Waals surface area contributed by atoms with Crippen LogP contribution in [0.15, 0.2) is 42.5 Å². The molecule has 33 heavy (non-hydrogen) atoms. The Kier molecular flexibility index (Phi) is 7.30. The van der Waals surface area contributed by atoms with Crippen molar-refractivity contribution in [3.05, 3.63) is 59.2 Å². The third-order valence-corrected chi connectivity index (χ3v) is 5.85. The van der Waals surface area contributed by atoms with Crippen LogP contribution in [0.2, 0.25) is 0 Å². The SMILES string of the molecule is Cc1cc(-c2ccc(CC(NC(=O)C3(NC(=O)O)CCOCC3)C(N)=O)cc2)ccc1C#N. The number of carbonyl (C=O) groups excluding carboxylic acids is 2. The molecule has 9 heteroatoms. The summed E-state index contributed by atoms with van der Waals surface area (Å²) in [6.07, 6.45) is -0.839. The van der Waals surface area contributed by atoms with E-state index >= 15 is 0 Å². The molecule has 1 atom stereocenters. The molecule has 3 amide bonds. The lowest BCUT2D eigenvalue weighted by Gasteiger charge is -2.36. The van der Waals surface area contributed by atoms with Gasteiger partial charge in [-0.3, -0.25) is 9.59 Å². The van der Waals surface area contributed by atoms with Crippen molar-refractivity contribution >= 4 is 17.9 Å². The van der Waals surface area contributed by atoms with E-state index in [4.69, 9.17) is 15.7 Å². The molecule has 172 valence electrons. The molecule has 1 aliphatic heterocycles. The lowest BCUT2D eigenvalue weighted by atomic mass is 9.88. The van der Waals surface area contributed by atoms with Crippen LogP contribution in [0.3, 0.4) is 0 Å². The number of nitrogens with one attached hydrogen (secondary N) is 2. The summed E-state index contributed by atoms with van der Waals surface area (Å²) in [6, 6.07) is 14.2. The first-order valence-corrected chi connectivity index (χ1v) is 10.5. The van der Waals surface area contributed by atoms with E-state index in [1.165, 1.54) is 0 Å². The van der Waals surface area contributed by atoms with Crippen molar-refractivity contribution in [2.45, 2.75) is 37.8 Å². The fourth-order valence-electron chi connectivity index (χ4n) is 3.89. The van der Waals surface area contributed by atoms with Gasteiger partial charge in [-0.15, -0.1) is 0 Å². The van der Waals surface area contributed by atoms with Crippen LogP contribution in [0.25, 0.3) is 11.1 Å². The van der Waals surface area contributed by atoms with Gasteiger partial charge in [0, 0.05) is 32.5 Å². The Balaban J connectivity index is 1.74. The van der Waals surface area contributed by atoms with E-state index in [0.717, 1.165) is 22.3 Å². The van der Waals surface area contributed by atoms with Gasteiger partial charge in [0.2, 0.25) is 11.8 Å². The second-order valence-corrected chi connectivity index (χ2v) is 8.10. The highest BCUT2D eigenvalue weighted by Gasteiger charge is 2.42. The van der Waals surface area contributed by atoms with Gasteiger partial charge in [0.05, 0.1) is 11.6 Å². The molecule has 2 aromatic carbocycles. The summed E-state index contributed by atoms with van der Waals surface area (Å²) in [5, 5.41) is 23.2. The van der Waals surface area contributed by atoms with E-state index in [-0.39, 0.29) is 32.5 Å². The summed E-state index contributed by atoms with van der Waals surface area (Å²) in [7, 11) is 0. The number of nitrogens with zero attached hydrogens (tertiary/aromatic N) is 1. The summed E-state index contributed by atoms with van der Waals surface area (Å²) < 4.78 is 5.25. The largest absolute Gasteiger partial charge is 0.465 e. The average molecular weight is 450 g/mol. The topological polar surface area (TPSA) is 155 Å². The maximum atomic E-state index is 13.0. The maximum absolute atomic E-state index is 13.0. The Bertz CT molecular complexity index is 1090. The van der Waals surface area contributed by atoms with E-state index < -0.39 is 29.5 Å². The van der Waals surface area contributed by atoms with Gasteiger partial charge in [-0.25, -0.2) is 4.79 Å². The van der Waals surface area contributed by atoms with Gasteiger partial charge in [0.15, 0.2) is 0 Å². The van der Waals surface area contributed by atoms with Crippen LogP contribution in [0.5, 0.6) is 0 Å². The molecule has 0 radical (unpaired) electrons. The Morgan fingerprint density at radius 2 is 1.79 bits per heavy atom. The lowest BCUT2D eigenvalue weighted by Crippen LogP contribution is -2.63. The first-order chi connectivity index (χ1) is 15.7. The zero-order valence-electron chi connectivity index (χ0n) is 18.3. The van der Waals surface area contributed by atoms with Crippen LogP contribution in [-0.2, 0) is 20.7 Å². The molecule has 1 unspecified atom stereocenters. The van der Waals surface area contributed by atoms with Gasteiger partial charge < -0.3 is 26.2 Å². The van der Waals surface area contributed by atoms with Crippen molar-refractivity contribution in [3.8, 4) is 17.2 Å². The van der Waals surface area contributed by atoms with E-state index in [1.807, 2.05) is 43.3 Å². The monoisotopic (exact) mass is 450 g/mol. The number of nitriles is 1. The van der Waals surface area contributed by atoms with E-state index in [2.05, 4.69) is 16.7 Å². The van der Waals surface area contributed by atoms with Crippen molar-refractivity contribution in [2.75, 3.05) is 13.2 Å². The molecule has 1 aliphatic rings. The molecule has 1 fully saturated rings. The molecule has 9 nitrogen and oxygen atoms in total. The van der Waals surface area contributed by atoms with Gasteiger partial charge in [-0.2, -0.15) is 5.26 Å². The van der Waals surface area contributed by atoms with E-state index in [0.29, 0.717) is 5.56 Å². The summed E-state index contributed by atoms with van der Waals surface area (Å²) in [5.41, 5.74) is 8.34. The highest BCUT2D eigenvalue weighted by atomic mass is 16.5. The number of amides is 3. The predicted molar refractivity (Wildman–Crippen MR) is 120 cm³/mol. The first-order valence-electron chi connectivity index (χ1n) is 10.5. The highest BCUT2D eigenvalue weighted by molar-refractivity contribution is 5.93. The quantitative estimate of drug-likeness (QED) is 0.505. The molecule has 1 saturated heterocycles. The van der Waals surface area contributed by atoms with Crippen LogP contribution < -0.4 is 16.4 Å². The van der Waals surface area contributed by atoms with Crippen molar-refractivity contribution < 1.29 is 24.2 Å². The summed E-state index contributed by atoms with van der Waals surface area (Å²) in [4.78, 5) is 36.3. The van der Waals surface area contributed by atoms with Crippen LogP contribution in [0.1, 0.15) is 29.5 Å². The smallest absolute Gasteiger partial charge is 0.405 e. The Morgan fingerprint density at radius 3 is 2.33 bits per heavy atom. The third kappa shape index (κ3) is 5.67. The van der Waals surface area contributed by atoms with Crippen molar-refractivity contribution in [1.29, 1.82) is 5.26 Å². The number of aryl methyl sites for hydroxylation is 1. The summed E-state index contributed by atoms with van der Waals surface area (Å²) >= 11 is 0. The van der Waals surface area contributed by atoms with Gasteiger partial charge >= 0.3 is 6.09 Å². The van der Waals surface area contributed by atoms with Crippen molar-refractivity contribution in [1.82, 2.24) is 10.6 Å². The van der Waals surface area contributed by atoms with E-state index in [1.54, 1.807) is 6.07 Å². The standard InChI is InChI=1S/C24H26N4O5/c1-15-12-18(6-7-19(15)14-25)17-4-2-16(3-5-17)13-20(21(26)29)27-22(30)24(28-23(31)32)8-10-33-11-9-24/h2-7,12,20,28H,8-11,13H2,1H3,(H2,26,29)(H,27,30)(H,31,32). The number of hydrogen-bond donors (Lipinski definition) is 4. The molecule has 3 rings (SSSR count). The number of hydrogen-bond acceptors (Lipinski definition) is 5. The van der Waals surface area contributed by atoms with Gasteiger partial charge in [-0.1, -0.05) is 36.4 Å². The average Bonchev–Trinajstić information content (AvgIpc) is 2.79. The molecular formula is C24H26N4O5. The normalized spacial score (nSPS) is 15.6. The Morgan fingerprint density at radius 1 is 1.15 bits per heavy atom. The lowest BCUT2D eigenvalue weighted by molar-refractivity contribution is -0.134. The number of carboxylic acid groups (broad SMARTS) is 1. The van der Waals surface area contributed by atoms with Gasteiger partial charge in [0.1, 0.15) is 11.6 Å². The zero-order valence-corrected chi connectivity index (χ0v) is 18.3. The number of carbonyl (C=O) groups is 3. The van der Waals surface area contributed by atoms with Crippen LogP contribution in [-0.4, -0.2) is 47.8 Å². The fraction of sp³-hybridized carbons (Fsp3) is 0.333. The fourth-order valence-corrected chi connectivity index (χ4v) is 3.89. The van der Waals surface area contributed by atoms with Crippen molar-refractivity contribution in [2.24, 2.45) is 5.73 Å². The maximum Gasteiger partial charge on any atom is 0.405 e. The zero-order chi connectivity index (χ0) is 24.0. The second kappa shape index (κ2) is 10.1. The molecule has 0 aliphatic carbocycles. The third-order valence-electron chi connectivity index (χ3n) is 5.85. The minimum atomic E-state index is -1.37. The van der Waals surface area contributed by atoms with E-state index in [9.17, 15) is 19.5 Å². The molecule has 0 aromatic heterocycles. The number of nitrogens with two attached hydrogens (primary N) is 1. The Labute approximate surface area is 191 Å².